The van der Waals surface area contributed by atoms with Gasteiger partial charge in [-0.1, -0.05) is 12.1 Å². The van der Waals surface area contributed by atoms with Gasteiger partial charge in [0, 0.05) is 11.1 Å². The molecule has 7 nitrogen and oxygen atoms in total. The molecule has 0 aliphatic carbocycles. The first-order valence-corrected chi connectivity index (χ1v) is 7.59. The molecule has 0 spiro atoms. The standard InChI is InChI=1S/C18H11NO6/c20-18-12(6-10-2-1-3-14-16(10)24-9-22-14)19-17(25-18)11-4-5-13-15(7-11)23-8-21-13/h1-7H,8-9H2/b12-6+. The zero-order valence-electron chi connectivity index (χ0n) is 12.9. The molecule has 7 heteroatoms. The molecule has 0 bridgehead atoms. The fourth-order valence-electron chi connectivity index (χ4n) is 2.78. The molecule has 2 aromatic rings. The summed E-state index contributed by atoms with van der Waals surface area (Å²) in [5.41, 5.74) is 1.54. The van der Waals surface area contributed by atoms with E-state index in [1.807, 2.05) is 12.1 Å². The summed E-state index contributed by atoms with van der Waals surface area (Å²) in [7, 11) is 0. The van der Waals surface area contributed by atoms with E-state index in [-0.39, 0.29) is 25.2 Å². The molecule has 3 aliphatic heterocycles. The molecular weight excluding hydrogens is 326 g/mol. The average Bonchev–Trinajstić information content (AvgIpc) is 3.34. The lowest BCUT2D eigenvalue weighted by molar-refractivity contribution is -0.129. The van der Waals surface area contributed by atoms with Gasteiger partial charge in [-0.05, 0) is 30.3 Å². The Kier molecular flexibility index (Phi) is 2.93. The van der Waals surface area contributed by atoms with Crippen LogP contribution in [0.1, 0.15) is 11.1 Å². The number of cyclic esters (lactones) is 1. The van der Waals surface area contributed by atoms with Crippen LogP contribution < -0.4 is 18.9 Å². The van der Waals surface area contributed by atoms with E-state index < -0.39 is 5.97 Å². The van der Waals surface area contributed by atoms with Crippen molar-refractivity contribution in [3.05, 3.63) is 53.2 Å². The van der Waals surface area contributed by atoms with E-state index >= 15 is 0 Å². The third kappa shape index (κ3) is 2.28. The second-order valence-electron chi connectivity index (χ2n) is 5.49. The molecule has 0 saturated carbocycles. The Bertz CT molecular complexity index is 962. The Morgan fingerprint density at radius 2 is 1.76 bits per heavy atom. The number of ether oxygens (including phenoxy) is 5. The van der Waals surface area contributed by atoms with E-state index in [9.17, 15) is 4.79 Å². The van der Waals surface area contributed by atoms with Gasteiger partial charge >= 0.3 is 5.97 Å². The van der Waals surface area contributed by atoms with Crippen LogP contribution in [0.15, 0.2) is 47.1 Å². The fourth-order valence-corrected chi connectivity index (χ4v) is 2.78. The number of aliphatic imine (C=N–C) groups is 1. The highest BCUT2D eigenvalue weighted by Crippen LogP contribution is 2.37. The minimum Gasteiger partial charge on any atom is -0.454 e. The SMILES string of the molecule is O=C1OC(c2ccc3c(c2)OCO3)=N/C1=C/c1cccc2c1OCO2. The normalized spacial score (nSPS) is 18.5. The van der Waals surface area contributed by atoms with E-state index in [4.69, 9.17) is 23.7 Å². The van der Waals surface area contributed by atoms with Crippen molar-refractivity contribution in [2.75, 3.05) is 13.6 Å². The van der Waals surface area contributed by atoms with Gasteiger partial charge in [-0.3, -0.25) is 0 Å². The number of hydrogen-bond donors (Lipinski definition) is 0. The van der Waals surface area contributed by atoms with Crippen molar-refractivity contribution in [1.29, 1.82) is 0 Å². The van der Waals surface area contributed by atoms with Gasteiger partial charge in [0.2, 0.25) is 19.5 Å². The second kappa shape index (κ2) is 5.27. The van der Waals surface area contributed by atoms with Gasteiger partial charge < -0.3 is 23.7 Å². The van der Waals surface area contributed by atoms with Crippen molar-refractivity contribution in [3.63, 3.8) is 0 Å². The van der Waals surface area contributed by atoms with Crippen LogP contribution in [-0.4, -0.2) is 25.5 Å². The van der Waals surface area contributed by atoms with Crippen molar-refractivity contribution in [1.82, 2.24) is 0 Å². The van der Waals surface area contributed by atoms with E-state index in [0.717, 1.165) is 0 Å². The molecule has 124 valence electrons. The maximum atomic E-state index is 12.2. The van der Waals surface area contributed by atoms with Crippen LogP contribution in [0, 0.1) is 0 Å². The lowest BCUT2D eigenvalue weighted by atomic mass is 10.1. The number of carbonyl (C=O) groups excluding carboxylic acids is 1. The number of benzene rings is 2. The third-order valence-corrected chi connectivity index (χ3v) is 3.96. The topological polar surface area (TPSA) is 75.6 Å². The smallest absolute Gasteiger partial charge is 0.363 e. The van der Waals surface area contributed by atoms with Crippen molar-refractivity contribution >= 4 is 17.9 Å². The molecule has 3 heterocycles. The van der Waals surface area contributed by atoms with E-state index in [1.54, 1.807) is 30.3 Å². The molecule has 3 aliphatic rings. The number of nitrogens with zero attached hydrogens (tertiary/aromatic N) is 1. The van der Waals surface area contributed by atoms with Gasteiger partial charge in [0.25, 0.3) is 0 Å². The molecule has 0 amide bonds. The maximum absolute atomic E-state index is 12.2. The molecular formula is C18H11NO6. The number of esters is 1. The van der Waals surface area contributed by atoms with Gasteiger partial charge in [-0.15, -0.1) is 0 Å². The zero-order chi connectivity index (χ0) is 16.8. The number of para-hydroxylation sites is 1. The average molecular weight is 337 g/mol. The summed E-state index contributed by atoms with van der Waals surface area (Å²) in [5.74, 6) is 2.18. The summed E-state index contributed by atoms with van der Waals surface area (Å²) in [6.07, 6.45) is 1.62. The number of fused-ring (bicyclic) bond motifs is 2. The fraction of sp³-hybridized carbons (Fsp3) is 0.111. The van der Waals surface area contributed by atoms with Crippen LogP contribution in [0.5, 0.6) is 23.0 Å². The first kappa shape index (κ1) is 13.9. The van der Waals surface area contributed by atoms with Crippen molar-refractivity contribution in [3.8, 4) is 23.0 Å². The van der Waals surface area contributed by atoms with E-state index in [1.165, 1.54) is 0 Å². The monoisotopic (exact) mass is 337 g/mol. The predicted octanol–water partition coefficient (Wildman–Crippen LogP) is 2.49. The van der Waals surface area contributed by atoms with Crippen molar-refractivity contribution in [2.24, 2.45) is 4.99 Å². The van der Waals surface area contributed by atoms with Gasteiger partial charge in [0.15, 0.2) is 28.7 Å². The van der Waals surface area contributed by atoms with Crippen LogP contribution in [0.3, 0.4) is 0 Å². The van der Waals surface area contributed by atoms with E-state index in [0.29, 0.717) is 34.1 Å². The highest BCUT2D eigenvalue weighted by molar-refractivity contribution is 6.13. The molecule has 0 aromatic heterocycles. The Morgan fingerprint density at radius 3 is 2.72 bits per heavy atom. The Labute approximate surface area is 142 Å². The molecule has 2 aromatic carbocycles. The lowest BCUT2D eigenvalue weighted by Gasteiger charge is -2.01. The second-order valence-corrected chi connectivity index (χ2v) is 5.49. The highest BCUT2D eigenvalue weighted by Gasteiger charge is 2.27. The first-order chi connectivity index (χ1) is 12.3. The Hall–Kier alpha value is -3.48. The largest absolute Gasteiger partial charge is 0.454 e. The van der Waals surface area contributed by atoms with Crippen LogP contribution in [-0.2, 0) is 9.53 Å². The number of rotatable bonds is 2. The van der Waals surface area contributed by atoms with Crippen LogP contribution in [0.2, 0.25) is 0 Å². The number of hydrogen-bond acceptors (Lipinski definition) is 7. The summed E-state index contributed by atoms with van der Waals surface area (Å²) in [6.45, 7) is 0.336. The Morgan fingerprint density at radius 1 is 0.920 bits per heavy atom. The quantitative estimate of drug-likeness (QED) is 0.619. The van der Waals surface area contributed by atoms with Crippen LogP contribution in [0.25, 0.3) is 6.08 Å². The zero-order valence-corrected chi connectivity index (χ0v) is 12.9. The summed E-state index contributed by atoms with van der Waals surface area (Å²) in [5, 5.41) is 0. The third-order valence-electron chi connectivity index (χ3n) is 3.96. The molecule has 0 radical (unpaired) electrons. The molecule has 0 unspecified atom stereocenters. The van der Waals surface area contributed by atoms with Crippen molar-refractivity contribution in [2.45, 2.75) is 0 Å². The molecule has 0 atom stereocenters. The van der Waals surface area contributed by atoms with Gasteiger partial charge in [-0.2, -0.15) is 0 Å². The summed E-state index contributed by atoms with van der Waals surface area (Å²) in [4.78, 5) is 16.5. The lowest BCUT2D eigenvalue weighted by Crippen LogP contribution is -2.05. The minimum atomic E-state index is -0.524. The Balaban J connectivity index is 1.51. The predicted molar refractivity (Wildman–Crippen MR) is 85.7 cm³/mol. The summed E-state index contributed by atoms with van der Waals surface area (Å²) >= 11 is 0. The van der Waals surface area contributed by atoms with Crippen LogP contribution >= 0.6 is 0 Å². The van der Waals surface area contributed by atoms with Gasteiger partial charge in [0.05, 0.1) is 0 Å². The summed E-state index contributed by atoms with van der Waals surface area (Å²) in [6, 6.07) is 10.7. The van der Waals surface area contributed by atoms with Crippen LogP contribution in [0.4, 0.5) is 0 Å². The molecule has 0 saturated heterocycles. The van der Waals surface area contributed by atoms with E-state index in [2.05, 4.69) is 4.99 Å². The van der Waals surface area contributed by atoms with Gasteiger partial charge in [-0.25, -0.2) is 9.79 Å². The number of carbonyl (C=O) groups is 1. The molecule has 0 fully saturated rings. The summed E-state index contributed by atoms with van der Waals surface area (Å²) < 4.78 is 26.7. The highest BCUT2D eigenvalue weighted by atomic mass is 16.7. The molecule has 25 heavy (non-hydrogen) atoms. The first-order valence-electron chi connectivity index (χ1n) is 7.59. The molecule has 5 rings (SSSR count). The maximum Gasteiger partial charge on any atom is 0.363 e. The van der Waals surface area contributed by atoms with Crippen molar-refractivity contribution < 1.29 is 28.5 Å². The van der Waals surface area contributed by atoms with Gasteiger partial charge in [0.1, 0.15) is 0 Å². The molecule has 0 N–H and O–H groups in total. The minimum absolute atomic E-state index is 0.158.